The zero-order chi connectivity index (χ0) is 15.5. The van der Waals surface area contributed by atoms with Crippen molar-refractivity contribution in [2.24, 2.45) is 5.92 Å². The van der Waals surface area contributed by atoms with Crippen LogP contribution in [0, 0.1) is 19.8 Å². The molecule has 22 heavy (non-hydrogen) atoms. The Hall–Kier alpha value is -2.02. The molecule has 1 aliphatic heterocycles. The first-order chi connectivity index (χ1) is 10.6. The molecule has 0 spiro atoms. The molecule has 0 saturated carbocycles. The van der Waals surface area contributed by atoms with E-state index >= 15 is 0 Å². The molecule has 6 nitrogen and oxygen atoms in total. The van der Waals surface area contributed by atoms with E-state index < -0.39 is 0 Å². The predicted octanol–water partition coefficient (Wildman–Crippen LogP) is 2.41. The van der Waals surface area contributed by atoms with Crippen molar-refractivity contribution in [3.63, 3.8) is 0 Å². The van der Waals surface area contributed by atoms with Crippen molar-refractivity contribution in [1.82, 2.24) is 15.2 Å². The van der Waals surface area contributed by atoms with Gasteiger partial charge in [-0.1, -0.05) is 0 Å². The number of rotatable bonds is 3. The van der Waals surface area contributed by atoms with Crippen LogP contribution >= 0.6 is 11.3 Å². The van der Waals surface area contributed by atoms with E-state index in [0.717, 1.165) is 42.3 Å². The van der Waals surface area contributed by atoms with Crippen molar-refractivity contribution in [2.45, 2.75) is 26.7 Å². The Kier molecular flexibility index (Phi) is 4.33. The van der Waals surface area contributed by atoms with Gasteiger partial charge in [0.25, 0.3) is 0 Å². The highest BCUT2D eigenvalue weighted by Crippen LogP contribution is 2.24. The van der Waals surface area contributed by atoms with E-state index in [1.807, 2.05) is 26.0 Å². The first-order valence-electron chi connectivity index (χ1n) is 7.40. The van der Waals surface area contributed by atoms with E-state index in [1.165, 1.54) is 11.3 Å². The van der Waals surface area contributed by atoms with Gasteiger partial charge in [0.2, 0.25) is 5.91 Å². The molecule has 0 bridgehead atoms. The number of carbonyl (C=O) groups excluding carboxylic acids is 1. The summed E-state index contributed by atoms with van der Waals surface area (Å²) in [6.07, 6.45) is 3.43. The average Bonchev–Trinajstić information content (AvgIpc) is 2.93. The number of carbonyl (C=O) groups is 1. The van der Waals surface area contributed by atoms with Crippen LogP contribution in [0.4, 0.5) is 10.9 Å². The molecule has 2 aromatic heterocycles. The second-order valence-corrected chi connectivity index (χ2v) is 6.79. The summed E-state index contributed by atoms with van der Waals surface area (Å²) in [6.45, 7) is 5.56. The molecule has 0 aromatic carbocycles. The lowest BCUT2D eigenvalue weighted by atomic mass is 9.96. The Bertz CT molecular complexity index is 646. The number of amides is 1. The lowest BCUT2D eigenvalue weighted by molar-refractivity contribution is -0.120. The van der Waals surface area contributed by atoms with Crippen LogP contribution in [0.3, 0.4) is 0 Å². The summed E-state index contributed by atoms with van der Waals surface area (Å²) >= 11 is 1.51. The average molecular weight is 317 g/mol. The second kappa shape index (κ2) is 6.39. The molecule has 116 valence electrons. The Labute approximate surface area is 133 Å². The zero-order valence-corrected chi connectivity index (χ0v) is 13.6. The number of hydrogen-bond donors (Lipinski definition) is 1. The normalized spacial score (nSPS) is 15.8. The smallest absolute Gasteiger partial charge is 0.229 e. The largest absolute Gasteiger partial charge is 0.355 e. The van der Waals surface area contributed by atoms with Gasteiger partial charge in [-0.3, -0.25) is 4.79 Å². The fraction of sp³-hybridized carbons (Fsp3) is 0.467. The summed E-state index contributed by atoms with van der Waals surface area (Å²) in [7, 11) is 0. The number of anilines is 2. The molecule has 0 unspecified atom stereocenters. The SMILES string of the molecule is Cc1ccc(N2CCC(C(=O)Nc3ncc(C)s3)CC2)nn1. The lowest BCUT2D eigenvalue weighted by Crippen LogP contribution is -2.38. The molecule has 1 aliphatic rings. The maximum atomic E-state index is 12.3. The topological polar surface area (TPSA) is 71.0 Å². The van der Waals surface area contributed by atoms with E-state index in [-0.39, 0.29) is 11.8 Å². The molecule has 1 N–H and O–H groups in total. The maximum Gasteiger partial charge on any atom is 0.229 e. The monoisotopic (exact) mass is 317 g/mol. The molecule has 3 rings (SSSR count). The van der Waals surface area contributed by atoms with Gasteiger partial charge < -0.3 is 10.2 Å². The van der Waals surface area contributed by atoms with Gasteiger partial charge in [-0.25, -0.2) is 4.98 Å². The number of aryl methyl sites for hydroxylation is 2. The third-order valence-electron chi connectivity index (χ3n) is 3.82. The Morgan fingerprint density at radius 2 is 2.05 bits per heavy atom. The van der Waals surface area contributed by atoms with Crippen molar-refractivity contribution in [2.75, 3.05) is 23.3 Å². The first-order valence-corrected chi connectivity index (χ1v) is 8.22. The third-order valence-corrected chi connectivity index (χ3v) is 4.65. The highest BCUT2D eigenvalue weighted by Gasteiger charge is 2.26. The molecule has 1 saturated heterocycles. The van der Waals surface area contributed by atoms with Gasteiger partial charge in [-0.2, -0.15) is 5.10 Å². The van der Waals surface area contributed by atoms with Crippen molar-refractivity contribution in [3.05, 3.63) is 28.9 Å². The molecule has 1 amide bonds. The van der Waals surface area contributed by atoms with Gasteiger partial charge in [0.1, 0.15) is 0 Å². The number of piperidine rings is 1. The van der Waals surface area contributed by atoms with Crippen molar-refractivity contribution < 1.29 is 4.79 Å². The first kappa shape index (κ1) is 14.9. The van der Waals surface area contributed by atoms with Gasteiger partial charge in [0.15, 0.2) is 10.9 Å². The fourth-order valence-electron chi connectivity index (χ4n) is 2.55. The number of hydrogen-bond acceptors (Lipinski definition) is 6. The maximum absolute atomic E-state index is 12.3. The van der Waals surface area contributed by atoms with E-state index in [1.54, 1.807) is 6.20 Å². The van der Waals surface area contributed by atoms with Crippen LogP contribution in [0.1, 0.15) is 23.4 Å². The van der Waals surface area contributed by atoms with Crippen LogP contribution in [0.25, 0.3) is 0 Å². The van der Waals surface area contributed by atoms with Crippen LogP contribution in [-0.2, 0) is 4.79 Å². The summed E-state index contributed by atoms with van der Waals surface area (Å²) in [4.78, 5) is 19.7. The Morgan fingerprint density at radius 1 is 1.27 bits per heavy atom. The predicted molar refractivity (Wildman–Crippen MR) is 87.2 cm³/mol. The van der Waals surface area contributed by atoms with E-state index in [9.17, 15) is 4.79 Å². The van der Waals surface area contributed by atoms with Crippen molar-refractivity contribution in [3.8, 4) is 0 Å². The molecule has 7 heteroatoms. The van der Waals surface area contributed by atoms with Crippen LogP contribution in [0.5, 0.6) is 0 Å². The van der Waals surface area contributed by atoms with Gasteiger partial charge in [-0.15, -0.1) is 16.4 Å². The number of nitrogens with zero attached hydrogens (tertiary/aromatic N) is 4. The lowest BCUT2D eigenvalue weighted by Gasteiger charge is -2.31. The van der Waals surface area contributed by atoms with E-state index in [0.29, 0.717) is 5.13 Å². The van der Waals surface area contributed by atoms with Crippen LogP contribution in [0.15, 0.2) is 18.3 Å². The van der Waals surface area contributed by atoms with Crippen LogP contribution < -0.4 is 10.2 Å². The number of nitrogens with one attached hydrogen (secondary N) is 1. The van der Waals surface area contributed by atoms with Gasteiger partial charge in [-0.05, 0) is 38.8 Å². The summed E-state index contributed by atoms with van der Waals surface area (Å²) in [5.41, 5.74) is 0.914. The standard InChI is InChI=1S/C15H19N5OS/c1-10-3-4-13(19-18-10)20-7-5-12(6-8-20)14(21)17-15-16-9-11(2)22-15/h3-4,9,12H,5-8H2,1-2H3,(H,16,17,21). The molecule has 0 atom stereocenters. The second-order valence-electron chi connectivity index (χ2n) is 5.56. The molecule has 3 heterocycles. The zero-order valence-electron chi connectivity index (χ0n) is 12.7. The number of aromatic nitrogens is 3. The minimum atomic E-state index is 0.0406. The summed E-state index contributed by atoms with van der Waals surface area (Å²) in [5.74, 6) is 1.00. The molecular formula is C15H19N5OS. The molecule has 0 aliphatic carbocycles. The van der Waals surface area contributed by atoms with Crippen LogP contribution in [-0.4, -0.2) is 34.2 Å². The number of thiazole rings is 1. The van der Waals surface area contributed by atoms with E-state index in [4.69, 9.17) is 0 Å². The minimum Gasteiger partial charge on any atom is -0.355 e. The molecule has 0 radical (unpaired) electrons. The minimum absolute atomic E-state index is 0.0406. The van der Waals surface area contributed by atoms with E-state index in [2.05, 4.69) is 25.4 Å². The highest BCUT2D eigenvalue weighted by atomic mass is 32.1. The Balaban J connectivity index is 1.54. The van der Waals surface area contributed by atoms with Gasteiger partial charge in [0, 0.05) is 30.1 Å². The summed E-state index contributed by atoms with van der Waals surface area (Å²) < 4.78 is 0. The van der Waals surface area contributed by atoms with Gasteiger partial charge >= 0.3 is 0 Å². The molecular weight excluding hydrogens is 298 g/mol. The fourth-order valence-corrected chi connectivity index (χ4v) is 3.22. The van der Waals surface area contributed by atoms with Crippen LogP contribution in [0.2, 0.25) is 0 Å². The highest BCUT2D eigenvalue weighted by molar-refractivity contribution is 7.15. The molecule has 2 aromatic rings. The van der Waals surface area contributed by atoms with Gasteiger partial charge in [0.05, 0.1) is 5.69 Å². The third kappa shape index (κ3) is 3.41. The molecule has 1 fully saturated rings. The quantitative estimate of drug-likeness (QED) is 0.941. The summed E-state index contributed by atoms with van der Waals surface area (Å²) in [5, 5.41) is 11.9. The van der Waals surface area contributed by atoms with Crippen molar-refractivity contribution in [1.29, 1.82) is 0 Å². The summed E-state index contributed by atoms with van der Waals surface area (Å²) in [6, 6.07) is 3.95. The Morgan fingerprint density at radius 3 is 2.64 bits per heavy atom. The van der Waals surface area contributed by atoms with Crippen molar-refractivity contribution >= 4 is 28.2 Å².